The molecule has 8 heteroatoms. The molecule has 0 radical (unpaired) electrons. The monoisotopic (exact) mass is 522 g/mol. The van der Waals surface area contributed by atoms with Crippen molar-refractivity contribution in [3.63, 3.8) is 0 Å². The molecule has 1 aliphatic rings. The lowest BCUT2D eigenvalue weighted by molar-refractivity contribution is -0.121. The van der Waals surface area contributed by atoms with Gasteiger partial charge in [0, 0.05) is 18.1 Å². The number of carbonyl (C=O) groups excluding carboxylic acids is 1. The molecule has 1 amide bonds. The molecule has 0 fully saturated rings. The predicted molar refractivity (Wildman–Crippen MR) is 145 cm³/mol. The molecule has 3 aromatic carbocycles. The Balaban J connectivity index is 1.67. The summed E-state index contributed by atoms with van der Waals surface area (Å²) in [5.41, 5.74) is 1.78. The van der Waals surface area contributed by atoms with E-state index in [4.69, 9.17) is 9.47 Å². The zero-order valence-electron chi connectivity index (χ0n) is 21.7. The van der Waals surface area contributed by atoms with Gasteiger partial charge in [-0.1, -0.05) is 55.8 Å². The second kappa shape index (κ2) is 10.8. The molecular formula is C29H34N2O5S. The molecule has 0 aliphatic carbocycles. The first-order valence-corrected chi connectivity index (χ1v) is 14.0. The number of fused-ring (bicyclic) bond motifs is 1. The van der Waals surface area contributed by atoms with Crippen LogP contribution in [0.25, 0.3) is 0 Å². The maximum atomic E-state index is 13.8. The molecule has 7 nitrogen and oxygen atoms in total. The third kappa shape index (κ3) is 5.59. The van der Waals surface area contributed by atoms with E-state index in [1.807, 2.05) is 31.2 Å². The van der Waals surface area contributed by atoms with Crippen molar-refractivity contribution in [3.05, 3.63) is 83.9 Å². The molecule has 1 aliphatic heterocycles. The second-order valence-corrected chi connectivity index (χ2v) is 11.2. The number of rotatable bonds is 9. The number of aryl methyl sites for hydroxylation is 1. The Morgan fingerprint density at radius 1 is 1.05 bits per heavy atom. The number of para-hydroxylation sites is 1. The van der Waals surface area contributed by atoms with E-state index in [0.29, 0.717) is 17.9 Å². The predicted octanol–water partition coefficient (Wildman–Crippen LogP) is 5.40. The van der Waals surface area contributed by atoms with Gasteiger partial charge in [0.05, 0.1) is 23.7 Å². The first-order valence-electron chi connectivity index (χ1n) is 12.5. The van der Waals surface area contributed by atoms with Gasteiger partial charge in [-0.15, -0.1) is 0 Å². The Labute approximate surface area is 219 Å². The number of amides is 1. The molecule has 0 saturated heterocycles. The highest BCUT2D eigenvalue weighted by Crippen LogP contribution is 2.42. The van der Waals surface area contributed by atoms with Crippen molar-refractivity contribution < 1.29 is 22.7 Å². The number of nitrogens with one attached hydrogen (secondary N) is 1. The van der Waals surface area contributed by atoms with Gasteiger partial charge < -0.3 is 14.8 Å². The van der Waals surface area contributed by atoms with Gasteiger partial charge in [-0.25, -0.2) is 8.42 Å². The zero-order chi connectivity index (χ0) is 26.6. The summed E-state index contributed by atoms with van der Waals surface area (Å²) in [5, 5.41) is 3.10. The van der Waals surface area contributed by atoms with Crippen LogP contribution in [0, 0.1) is 6.92 Å². The smallest absolute Gasteiger partial charge is 0.264 e. The lowest BCUT2D eigenvalue weighted by Crippen LogP contribution is -2.47. The number of nitrogens with zero attached hydrogens (tertiary/aromatic N) is 1. The molecule has 1 N–H and O–H groups in total. The van der Waals surface area contributed by atoms with E-state index in [1.54, 1.807) is 48.5 Å². The number of methoxy groups -OCH3 is 1. The van der Waals surface area contributed by atoms with Gasteiger partial charge in [0.1, 0.15) is 23.6 Å². The summed E-state index contributed by atoms with van der Waals surface area (Å²) >= 11 is 0. The van der Waals surface area contributed by atoms with Crippen molar-refractivity contribution in [2.75, 3.05) is 18.0 Å². The fourth-order valence-corrected chi connectivity index (χ4v) is 6.13. The summed E-state index contributed by atoms with van der Waals surface area (Å²) in [7, 11) is -2.52. The Kier molecular flexibility index (Phi) is 7.78. The highest BCUT2D eigenvalue weighted by atomic mass is 32.2. The first kappa shape index (κ1) is 26.5. The average molecular weight is 523 g/mol. The van der Waals surface area contributed by atoms with Gasteiger partial charge in [0.2, 0.25) is 5.91 Å². The Morgan fingerprint density at radius 2 is 1.76 bits per heavy atom. The van der Waals surface area contributed by atoms with E-state index in [1.165, 1.54) is 7.11 Å². The largest absolute Gasteiger partial charge is 0.497 e. The maximum absolute atomic E-state index is 13.8. The lowest BCUT2D eigenvalue weighted by atomic mass is 9.83. The SMILES string of the molecule is CCC1(CC)C[C@H](NC(=O)CN(c2cccc(OC)c2)S(=O)(=O)c2ccc(C)cc2)c2ccccc2O1. The standard InChI is InChI=1S/C29H34N2O5S/c1-5-29(6-2)19-26(25-12-7-8-13-27(25)36-29)30-28(32)20-31(22-10-9-11-23(18-22)35-4)37(33,34)24-16-14-21(3)15-17-24/h7-18,26H,5-6,19-20H2,1-4H3,(H,30,32)/t26-/m0/s1. The maximum Gasteiger partial charge on any atom is 0.264 e. The van der Waals surface area contributed by atoms with E-state index in [0.717, 1.165) is 34.0 Å². The fraction of sp³-hybridized carbons (Fsp3) is 0.345. The zero-order valence-corrected chi connectivity index (χ0v) is 22.5. The minimum absolute atomic E-state index is 0.112. The Hall–Kier alpha value is -3.52. The summed E-state index contributed by atoms with van der Waals surface area (Å²) < 4.78 is 40.3. The minimum Gasteiger partial charge on any atom is -0.497 e. The molecule has 0 aromatic heterocycles. The summed E-state index contributed by atoms with van der Waals surface area (Å²) in [6.45, 7) is 5.67. The summed E-state index contributed by atoms with van der Waals surface area (Å²) in [6, 6.07) is 20.7. The molecule has 196 valence electrons. The highest BCUT2D eigenvalue weighted by Gasteiger charge is 2.39. The molecule has 1 atom stereocenters. The fourth-order valence-electron chi connectivity index (χ4n) is 4.72. The quantitative estimate of drug-likeness (QED) is 0.407. The van der Waals surface area contributed by atoms with Crippen molar-refractivity contribution in [2.24, 2.45) is 0 Å². The molecular weight excluding hydrogens is 488 g/mol. The van der Waals surface area contributed by atoms with Crippen LogP contribution in [0.15, 0.2) is 77.7 Å². The molecule has 0 spiro atoms. The minimum atomic E-state index is -4.03. The van der Waals surface area contributed by atoms with Gasteiger partial charge in [0.25, 0.3) is 10.0 Å². The molecule has 4 rings (SSSR count). The average Bonchev–Trinajstić information content (AvgIpc) is 2.91. The van der Waals surface area contributed by atoms with Gasteiger partial charge in [-0.3, -0.25) is 9.10 Å². The molecule has 1 heterocycles. The van der Waals surface area contributed by atoms with Gasteiger partial charge in [-0.05, 0) is 50.1 Å². The molecule has 0 saturated carbocycles. The van der Waals surface area contributed by atoms with E-state index in [-0.39, 0.29) is 17.5 Å². The van der Waals surface area contributed by atoms with Crippen LogP contribution in [0.2, 0.25) is 0 Å². The van der Waals surface area contributed by atoms with Crippen LogP contribution in [-0.2, 0) is 14.8 Å². The van der Waals surface area contributed by atoms with Crippen LogP contribution in [0.1, 0.15) is 50.3 Å². The van der Waals surface area contributed by atoms with Crippen LogP contribution in [0.5, 0.6) is 11.5 Å². The van der Waals surface area contributed by atoms with Crippen LogP contribution >= 0.6 is 0 Å². The van der Waals surface area contributed by atoms with Crippen molar-refractivity contribution in [1.29, 1.82) is 0 Å². The topological polar surface area (TPSA) is 84.9 Å². The molecule has 0 unspecified atom stereocenters. The molecule has 3 aromatic rings. The Bertz CT molecular complexity index is 1350. The second-order valence-electron chi connectivity index (χ2n) is 9.38. The van der Waals surface area contributed by atoms with E-state index >= 15 is 0 Å². The third-order valence-corrected chi connectivity index (χ3v) is 8.85. The summed E-state index contributed by atoms with van der Waals surface area (Å²) in [6.07, 6.45) is 2.19. The Morgan fingerprint density at radius 3 is 2.43 bits per heavy atom. The van der Waals surface area contributed by atoms with Crippen molar-refractivity contribution in [3.8, 4) is 11.5 Å². The van der Waals surface area contributed by atoms with Gasteiger partial charge in [0.15, 0.2) is 0 Å². The number of hydrogen-bond acceptors (Lipinski definition) is 5. The van der Waals surface area contributed by atoms with Crippen molar-refractivity contribution in [2.45, 2.75) is 56.6 Å². The molecule has 0 bridgehead atoms. The summed E-state index contributed by atoms with van der Waals surface area (Å²) in [4.78, 5) is 13.6. The third-order valence-electron chi connectivity index (χ3n) is 7.06. The van der Waals surface area contributed by atoms with Crippen molar-refractivity contribution in [1.82, 2.24) is 5.32 Å². The normalized spacial score (nSPS) is 16.3. The summed E-state index contributed by atoms with van der Waals surface area (Å²) in [5.74, 6) is 0.844. The van der Waals surface area contributed by atoms with E-state index in [2.05, 4.69) is 19.2 Å². The van der Waals surface area contributed by atoms with Crippen LogP contribution in [0.3, 0.4) is 0 Å². The van der Waals surface area contributed by atoms with Gasteiger partial charge in [-0.2, -0.15) is 0 Å². The number of ether oxygens (including phenoxy) is 2. The van der Waals surface area contributed by atoms with Gasteiger partial charge >= 0.3 is 0 Å². The number of sulfonamides is 1. The number of benzene rings is 3. The van der Waals surface area contributed by atoms with E-state index < -0.39 is 21.5 Å². The van der Waals surface area contributed by atoms with Crippen molar-refractivity contribution >= 4 is 21.6 Å². The van der Waals surface area contributed by atoms with Crippen LogP contribution in [-0.4, -0.2) is 33.6 Å². The number of anilines is 1. The van der Waals surface area contributed by atoms with Crippen LogP contribution in [0.4, 0.5) is 5.69 Å². The first-order chi connectivity index (χ1) is 17.7. The van der Waals surface area contributed by atoms with E-state index in [9.17, 15) is 13.2 Å². The lowest BCUT2D eigenvalue weighted by Gasteiger charge is -2.41. The van der Waals surface area contributed by atoms with Crippen LogP contribution < -0.4 is 19.1 Å². The highest BCUT2D eigenvalue weighted by molar-refractivity contribution is 7.92. The molecule has 37 heavy (non-hydrogen) atoms. The number of hydrogen-bond donors (Lipinski definition) is 1. The number of carbonyl (C=O) groups is 1.